The highest BCUT2D eigenvalue weighted by Crippen LogP contribution is 2.31. The molecule has 8 heteroatoms. The van der Waals surface area contributed by atoms with E-state index < -0.39 is 0 Å². The molecule has 0 aliphatic rings. The molecule has 1 heterocycles. The van der Waals surface area contributed by atoms with Gasteiger partial charge in [0.1, 0.15) is 0 Å². The smallest absolute Gasteiger partial charge is 0.251 e. The number of halogens is 2. The van der Waals surface area contributed by atoms with Crippen LogP contribution in [0.5, 0.6) is 0 Å². The molecule has 36 heavy (non-hydrogen) atoms. The molecule has 5 nitrogen and oxygen atoms in total. The number of hydrogen-bond donors (Lipinski definition) is 1. The summed E-state index contributed by atoms with van der Waals surface area (Å²) in [6.07, 6.45) is 0. The van der Waals surface area contributed by atoms with Gasteiger partial charge in [0.2, 0.25) is 0 Å². The van der Waals surface area contributed by atoms with Crippen molar-refractivity contribution >= 4 is 40.9 Å². The Bertz CT molecular complexity index is 1380. The maximum Gasteiger partial charge on any atom is 0.251 e. The second kappa shape index (κ2) is 11.1. The molecule has 0 saturated heterocycles. The van der Waals surface area contributed by atoms with Crippen molar-refractivity contribution in [2.75, 3.05) is 0 Å². The summed E-state index contributed by atoms with van der Waals surface area (Å²) >= 11 is 14.4. The van der Waals surface area contributed by atoms with Gasteiger partial charge in [-0.05, 0) is 53.8 Å². The zero-order valence-electron chi connectivity index (χ0n) is 20.7. The lowest BCUT2D eigenvalue weighted by molar-refractivity contribution is 0.0949. The second-order valence-corrected chi connectivity index (χ2v) is 11.4. The molecule has 0 aliphatic carbocycles. The van der Waals surface area contributed by atoms with Gasteiger partial charge in [0, 0.05) is 16.3 Å². The van der Waals surface area contributed by atoms with E-state index in [2.05, 4.69) is 61.4 Å². The highest BCUT2D eigenvalue weighted by Gasteiger charge is 2.19. The number of thioether (sulfide) groups is 1. The number of hydrogen-bond acceptors (Lipinski definition) is 4. The van der Waals surface area contributed by atoms with Gasteiger partial charge in [-0.2, -0.15) is 0 Å². The third-order valence-corrected chi connectivity index (χ3v) is 7.27. The molecule has 0 saturated carbocycles. The van der Waals surface area contributed by atoms with E-state index in [0.717, 1.165) is 0 Å². The van der Waals surface area contributed by atoms with Crippen molar-refractivity contribution in [1.82, 2.24) is 20.1 Å². The lowest BCUT2D eigenvalue weighted by Crippen LogP contribution is -2.25. The first-order valence-corrected chi connectivity index (χ1v) is 13.3. The lowest BCUT2D eigenvalue weighted by Gasteiger charge is -2.19. The van der Waals surface area contributed by atoms with Crippen molar-refractivity contribution in [3.05, 3.63) is 105 Å². The maximum atomic E-state index is 12.9. The molecular weight excluding hydrogens is 511 g/mol. The minimum atomic E-state index is -0.184. The molecule has 0 bridgehead atoms. The van der Waals surface area contributed by atoms with Crippen molar-refractivity contribution in [2.45, 2.75) is 50.6 Å². The van der Waals surface area contributed by atoms with E-state index >= 15 is 0 Å². The molecule has 0 radical (unpaired) electrons. The number of nitrogens with zero attached hydrogens (tertiary/aromatic N) is 3. The van der Waals surface area contributed by atoms with Gasteiger partial charge < -0.3 is 5.32 Å². The van der Waals surface area contributed by atoms with E-state index in [1.807, 2.05) is 34.9 Å². The summed E-state index contributed by atoms with van der Waals surface area (Å²) in [6.45, 7) is 8.68. The fourth-order valence-corrected chi connectivity index (χ4v) is 5.02. The van der Waals surface area contributed by atoms with Gasteiger partial charge in [-0.3, -0.25) is 9.36 Å². The normalized spacial score (nSPS) is 11.5. The Morgan fingerprint density at radius 3 is 2.44 bits per heavy atom. The van der Waals surface area contributed by atoms with Crippen LogP contribution < -0.4 is 5.32 Å². The van der Waals surface area contributed by atoms with Crippen molar-refractivity contribution in [2.24, 2.45) is 0 Å². The highest BCUT2D eigenvalue weighted by atomic mass is 35.5. The van der Waals surface area contributed by atoms with Crippen LogP contribution in [0, 0.1) is 6.92 Å². The van der Waals surface area contributed by atoms with E-state index in [4.69, 9.17) is 23.2 Å². The minimum Gasteiger partial charge on any atom is -0.345 e. The highest BCUT2D eigenvalue weighted by molar-refractivity contribution is 7.98. The summed E-state index contributed by atoms with van der Waals surface area (Å²) in [5.74, 6) is 1.09. The van der Waals surface area contributed by atoms with E-state index in [-0.39, 0.29) is 17.9 Å². The molecule has 0 atom stereocenters. The summed E-state index contributed by atoms with van der Waals surface area (Å²) in [5.41, 5.74) is 4.83. The van der Waals surface area contributed by atoms with Crippen LogP contribution in [0.3, 0.4) is 0 Å². The van der Waals surface area contributed by atoms with Gasteiger partial charge in [-0.25, -0.2) is 0 Å². The molecule has 1 aromatic heterocycles. The quantitative estimate of drug-likeness (QED) is 0.249. The fourth-order valence-electron chi connectivity index (χ4n) is 3.74. The average Bonchev–Trinajstić information content (AvgIpc) is 3.25. The molecule has 3 aromatic carbocycles. The summed E-state index contributed by atoms with van der Waals surface area (Å²) in [5, 5.41) is 13.5. The van der Waals surface area contributed by atoms with Gasteiger partial charge >= 0.3 is 0 Å². The van der Waals surface area contributed by atoms with E-state index in [0.29, 0.717) is 38.0 Å². The Morgan fingerprint density at radius 2 is 1.75 bits per heavy atom. The minimum absolute atomic E-state index is 0.0220. The third-order valence-electron chi connectivity index (χ3n) is 5.72. The largest absolute Gasteiger partial charge is 0.345 e. The Hall–Kier alpha value is -2.80. The van der Waals surface area contributed by atoms with Crippen LogP contribution in [0.15, 0.2) is 71.9 Å². The number of carbonyl (C=O) groups excluding carboxylic acids is 1. The van der Waals surface area contributed by atoms with Gasteiger partial charge in [0.25, 0.3) is 5.91 Å². The molecule has 1 amide bonds. The molecule has 1 N–H and O–H groups in total. The Balaban J connectivity index is 1.58. The van der Waals surface area contributed by atoms with Crippen LogP contribution in [0.2, 0.25) is 10.0 Å². The number of rotatable bonds is 7. The van der Waals surface area contributed by atoms with Gasteiger partial charge in [0.05, 0.1) is 17.3 Å². The van der Waals surface area contributed by atoms with Gasteiger partial charge in [-0.1, -0.05) is 97.7 Å². The molecule has 0 aliphatic heterocycles. The summed E-state index contributed by atoms with van der Waals surface area (Å²) < 4.78 is 1.86. The first kappa shape index (κ1) is 26.3. The third kappa shape index (κ3) is 6.30. The average molecular weight is 540 g/mol. The SMILES string of the molecule is Cc1cccc(CSc2nnc(CNC(=O)c3ccc(C(C)(C)C)cc3)n2-c2cc(Cl)ccc2Cl)c1. The fraction of sp³-hybridized carbons (Fsp3) is 0.250. The van der Waals surface area contributed by atoms with Crippen molar-refractivity contribution in [1.29, 1.82) is 0 Å². The molecule has 4 aromatic rings. The van der Waals surface area contributed by atoms with E-state index in [1.54, 1.807) is 30.0 Å². The number of benzene rings is 3. The van der Waals surface area contributed by atoms with Crippen LogP contribution in [0.1, 0.15) is 53.6 Å². The molecule has 186 valence electrons. The number of aromatic nitrogens is 3. The molecule has 0 unspecified atom stereocenters. The monoisotopic (exact) mass is 538 g/mol. The van der Waals surface area contributed by atoms with Crippen molar-refractivity contribution < 1.29 is 4.79 Å². The maximum absolute atomic E-state index is 12.9. The summed E-state index contributed by atoms with van der Waals surface area (Å²) in [4.78, 5) is 12.9. The van der Waals surface area contributed by atoms with Crippen LogP contribution in [-0.2, 0) is 17.7 Å². The van der Waals surface area contributed by atoms with Crippen molar-refractivity contribution in [3.8, 4) is 5.69 Å². The van der Waals surface area contributed by atoms with Crippen LogP contribution in [-0.4, -0.2) is 20.7 Å². The predicted octanol–water partition coefficient (Wildman–Crippen LogP) is 7.40. The number of carbonyl (C=O) groups is 1. The van der Waals surface area contributed by atoms with E-state index in [1.165, 1.54) is 16.7 Å². The number of nitrogens with one attached hydrogen (secondary N) is 1. The Kier molecular flexibility index (Phi) is 8.08. The zero-order chi connectivity index (χ0) is 25.9. The van der Waals surface area contributed by atoms with Gasteiger partial charge in [-0.15, -0.1) is 10.2 Å². The predicted molar refractivity (Wildman–Crippen MR) is 148 cm³/mol. The Morgan fingerprint density at radius 1 is 1.00 bits per heavy atom. The van der Waals surface area contributed by atoms with Gasteiger partial charge in [0.15, 0.2) is 11.0 Å². The first-order valence-electron chi connectivity index (χ1n) is 11.6. The topological polar surface area (TPSA) is 59.8 Å². The second-order valence-electron chi connectivity index (χ2n) is 9.62. The zero-order valence-corrected chi connectivity index (χ0v) is 23.0. The molecule has 4 rings (SSSR count). The van der Waals surface area contributed by atoms with Crippen molar-refractivity contribution in [3.63, 3.8) is 0 Å². The van der Waals surface area contributed by atoms with Crippen LogP contribution >= 0.6 is 35.0 Å². The number of amides is 1. The van der Waals surface area contributed by atoms with Crippen LogP contribution in [0.25, 0.3) is 5.69 Å². The van der Waals surface area contributed by atoms with E-state index in [9.17, 15) is 4.79 Å². The first-order chi connectivity index (χ1) is 17.1. The molecular formula is C28H28Cl2N4OS. The number of aryl methyl sites for hydroxylation is 1. The Labute approximate surface area is 226 Å². The lowest BCUT2D eigenvalue weighted by atomic mass is 9.87. The summed E-state index contributed by atoms with van der Waals surface area (Å²) in [7, 11) is 0. The molecule has 0 fully saturated rings. The van der Waals surface area contributed by atoms with Crippen LogP contribution in [0.4, 0.5) is 0 Å². The standard InChI is InChI=1S/C28H28Cl2N4OS/c1-18-6-5-7-19(14-18)17-36-27-33-32-25(34(27)24-15-22(29)12-13-23(24)30)16-31-26(35)20-8-10-21(11-9-20)28(2,3)4/h5-15H,16-17H2,1-4H3,(H,31,35). The molecule has 0 spiro atoms. The summed E-state index contributed by atoms with van der Waals surface area (Å²) in [6, 6.07) is 21.3.